The van der Waals surface area contributed by atoms with Crippen molar-refractivity contribution in [2.24, 2.45) is 0 Å². The number of nitrogens with zero attached hydrogens (tertiary/aromatic N) is 3. The Morgan fingerprint density at radius 2 is 1.62 bits per heavy atom. The number of hydrogen-bond acceptors (Lipinski definition) is 4. The summed E-state index contributed by atoms with van der Waals surface area (Å²) in [6, 6.07) is 8.50. The monoisotopic (exact) mass is 568 g/mol. The van der Waals surface area contributed by atoms with Crippen LogP contribution in [-0.2, 0) is 18.0 Å². The van der Waals surface area contributed by atoms with E-state index < -0.39 is 46.8 Å². The van der Waals surface area contributed by atoms with Crippen LogP contribution in [0.2, 0.25) is 0 Å². The highest BCUT2D eigenvalue weighted by Crippen LogP contribution is 2.40. The molecular weight excluding hydrogens is 538 g/mol. The van der Waals surface area contributed by atoms with Crippen molar-refractivity contribution < 1.29 is 36.2 Å². The second kappa shape index (κ2) is 11.7. The molecule has 2 N–H and O–H groups in total. The zero-order chi connectivity index (χ0) is 29.1. The fraction of sp³-hybridized carbons (Fsp3) is 0.500. The van der Waals surface area contributed by atoms with Gasteiger partial charge in [0.2, 0.25) is 0 Å². The number of amides is 2. The molecule has 0 aromatic heterocycles. The highest BCUT2D eigenvalue weighted by Gasteiger charge is 2.40. The molecule has 0 atom stereocenters. The fourth-order valence-electron chi connectivity index (χ4n) is 5.49. The fourth-order valence-corrected chi connectivity index (χ4v) is 5.49. The summed E-state index contributed by atoms with van der Waals surface area (Å²) in [7, 11) is 0. The molecule has 2 fully saturated rings. The molecule has 1 aliphatic carbocycles. The Morgan fingerprint density at radius 1 is 1.02 bits per heavy atom. The second-order valence-electron chi connectivity index (χ2n) is 10.4. The van der Waals surface area contributed by atoms with E-state index in [2.05, 4.69) is 10.2 Å². The molecule has 216 valence electrons. The van der Waals surface area contributed by atoms with E-state index in [-0.39, 0.29) is 25.5 Å². The van der Waals surface area contributed by atoms with Gasteiger partial charge in [-0.2, -0.15) is 31.6 Å². The Bertz CT molecular complexity index is 1210. The maximum atomic E-state index is 13.4. The number of anilines is 1. The Kier molecular flexibility index (Phi) is 8.66. The molecule has 1 saturated heterocycles. The quantitative estimate of drug-likeness (QED) is 0.398. The van der Waals surface area contributed by atoms with Crippen LogP contribution in [0.5, 0.6) is 0 Å². The lowest BCUT2D eigenvalue weighted by atomic mass is 9.77. The molecule has 2 aliphatic rings. The first kappa shape index (κ1) is 29.7. The van der Waals surface area contributed by atoms with Crippen molar-refractivity contribution in [3.63, 3.8) is 0 Å². The van der Waals surface area contributed by atoms with E-state index in [0.717, 1.165) is 25.9 Å². The summed E-state index contributed by atoms with van der Waals surface area (Å²) in [5.74, 6) is 0. The number of rotatable bonds is 6. The van der Waals surface area contributed by atoms with Crippen LogP contribution in [-0.4, -0.2) is 53.2 Å². The predicted octanol–water partition coefficient (Wildman–Crippen LogP) is 6.36. The average Bonchev–Trinajstić information content (AvgIpc) is 3.42. The molecule has 0 radical (unpaired) electrons. The van der Waals surface area contributed by atoms with Gasteiger partial charge in [0.05, 0.1) is 28.4 Å². The van der Waals surface area contributed by atoms with Crippen molar-refractivity contribution in [3.05, 3.63) is 64.7 Å². The lowest BCUT2D eigenvalue weighted by Gasteiger charge is -2.41. The van der Waals surface area contributed by atoms with Gasteiger partial charge in [-0.25, -0.2) is 4.79 Å². The molecule has 2 aromatic rings. The average molecular weight is 569 g/mol. The number of halogens is 6. The third-order valence-corrected chi connectivity index (χ3v) is 7.71. The van der Waals surface area contributed by atoms with Crippen molar-refractivity contribution in [3.8, 4) is 6.07 Å². The number of carbonyl (C=O) groups excluding carboxylic acids is 1. The number of likely N-dealkylation sites (tertiary alicyclic amines) is 1. The van der Waals surface area contributed by atoms with Crippen molar-refractivity contribution in [1.29, 1.82) is 5.26 Å². The number of nitriles is 1. The van der Waals surface area contributed by atoms with Gasteiger partial charge in [-0.05, 0) is 87.5 Å². The first-order valence-electron chi connectivity index (χ1n) is 13.1. The van der Waals surface area contributed by atoms with Gasteiger partial charge < -0.3 is 20.2 Å². The van der Waals surface area contributed by atoms with Crippen molar-refractivity contribution in [2.45, 2.75) is 62.5 Å². The second-order valence-corrected chi connectivity index (χ2v) is 10.4. The summed E-state index contributed by atoms with van der Waals surface area (Å²) in [4.78, 5) is 17.0. The SMILES string of the molecule is N#Cc1cccc([C@]2(O)CC[C@H](N(CCN3CCCC3)C(=O)Nc3cc(C(F)(F)F)cc(C(F)(F)F)c3)CC2)c1. The van der Waals surface area contributed by atoms with Gasteiger partial charge >= 0.3 is 18.4 Å². The van der Waals surface area contributed by atoms with Crippen molar-refractivity contribution in [1.82, 2.24) is 9.80 Å². The highest BCUT2D eigenvalue weighted by atomic mass is 19.4. The van der Waals surface area contributed by atoms with E-state index in [1.54, 1.807) is 24.3 Å². The molecule has 4 rings (SSSR count). The highest BCUT2D eigenvalue weighted by molar-refractivity contribution is 5.90. The van der Waals surface area contributed by atoms with Crippen molar-refractivity contribution in [2.75, 3.05) is 31.5 Å². The van der Waals surface area contributed by atoms with Gasteiger partial charge in [0, 0.05) is 24.8 Å². The standard InChI is InChI=1S/C28H30F6N4O2/c29-27(30,31)21-15-22(28(32,33)34)17-23(16-21)36-25(39)38(13-12-37-10-1-2-11-37)24-6-8-26(40,9-7-24)20-5-3-4-19(14-20)18-35/h3-5,14-17,24,40H,1-2,6-13H2,(H,36,39)/t24-,26-. The molecule has 40 heavy (non-hydrogen) atoms. The van der Waals surface area contributed by atoms with Crippen LogP contribution in [0, 0.1) is 11.3 Å². The molecular formula is C28H30F6N4O2. The lowest BCUT2D eigenvalue weighted by molar-refractivity contribution is -0.143. The van der Waals surface area contributed by atoms with E-state index in [9.17, 15) is 41.5 Å². The van der Waals surface area contributed by atoms with Crippen LogP contribution >= 0.6 is 0 Å². The number of benzene rings is 2. The van der Waals surface area contributed by atoms with E-state index in [4.69, 9.17) is 0 Å². The van der Waals surface area contributed by atoms with Gasteiger partial charge in [0.1, 0.15) is 0 Å². The molecule has 2 amide bonds. The Morgan fingerprint density at radius 3 is 2.17 bits per heavy atom. The molecule has 1 heterocycles. The summed E-state index contributed by atoms with van der Waals surface area (Å²) >= 11 is 0. The minimum Gasteiger partial charge on any atom is -0.385 e. The smallest absolute Gasteiger partial charge is 0.385 e. The maximum absolute atomic E-state index is 13.4. The molecule has 2 aromatic carbocycles. The van der Waals surface area contributed by atoms with Crippen LogP contribution < -0.4 is 5.32 Å². The number of hydrogen-bond donors (Lipinski definition) is 2. The van der Waals surface area contributed by atoms with Gasteiger partial charge in [-0.3, -0.25) is 0 Å². The van der Waals surface area contributed by atoms with Gasteiger partial charge in [0.25, 0.3) is 0 Å². The van der Waals surface area contributed by atoms with Crippen LogP contribution in [0.1, 0.15) is 60.8 Å². The topological polar surface area (TPSA) is 79.6 Å². The third-order valence-electron chi connectivity index (χ3n) is 7.71. The molecule has 12 heteroatoms. The summed E-state index contributed by atoms with van der Waals surface area (Å²) in [5.41, 5.74) is -3.85. The number of aliphatic hydroxyl groups is 1. The van der Waals surface area contributed by atoms with Crippen LogP contribution in [0.15, 0.2) is 42.5 Å². The zero-order valence-electron chi connectivity index (χ0n) is 21.7. The van der Waals surface area contributed by atoms with E-state index >= 15 is 0 Å². The molecule has 1 aliphatic heterocycles. The first-order valence-corrected chi connectivity index (χ1v) is 13.1. The third kappa shape index (κ3) is 7.06. The minimum absolute atomic E-state index is 0.0179. The van der Waals surface area contributed by atoms with Crippen LogP contribution in [0.3, 0.4) is 0 Å². The Hall–Kier alpha value is -3.30. The van der Waals surface area contributed by atoms with Crippen LogP contribution in [0.4, 0.5) is 36.8 Å². The van der Waals surface area contributed by atoms with Gasteiger partial charge in [0.15, 0.2) is 0 Å². The molecule has 1 saturated carbocycles. The number of nitrogens with one attached hydrogen (secondary N) is 1. The van der Waals surface area contributed by atoms with E-state index in [0.29, 0.717) is 42.6 Å². The summed E-state index contributed by atoms with van der Waals surface area (Å²) in [6.07, 6.45) is -6.80. The maximum Gasteiger partial charge on any atom is 0.416 e. The minimum atomic E-state index is -5.03. The van der Waals surface area contributed by atoms with E-state index in [1.807, 2.05) is 6.07 Å². The predicted molar refractivity (Wildman–Crippen MR) is 135 cm³/mol. The Balaban J connectivity index is 1.55. The number of urea groups is 1. The molecule has 6 nitrogen and oxygen atoms in total. The number of alkyl halides is 6. The molecule has 0 bridgehead atoms. The molecule has 0 unspecified atom stereocenters. The normalized spacial score (nSPS) is 22.1. The first-order chi connectivity index (χ1) is 18.8. The van der Waals surface area contributed by atoms with Gasteiger partial charge in [-0.1, -0.05) is 12.1 Å². The molecule has 0 spiro atoms. The zero-order valence-corrected chi connectivity index (χ0v) is 21.7. The van der Waals surface area contributed by atoms with Gasteiger partial charge in [-0.15, -0.1) is 0 Å². The summed E-state index contributed by atoms with van der Waals surface area (Å²) in [5, 5.41) is 22.8. The summed E-state index contributed by atoms with van der Waals surface area (Å²) < 4.78 is 80.0. The van der Waals surface area contributed by atoms with Crippen molar-refractivity contribution >= 4 is 11.7 Å². The van der Waals surface area contributed by atoms with Crippen LogP contribution in [0.25, 0.3) is 0 Å². The summed E-state index contributed by atoms with van der Waals surface area (Å²) in [6.45, 7) is 2.42. The number of carbonyl (C=O) groups is 1. The Labute approximate surface area is 228 Å². The van der Waals surface area contributed by atoms with E-state index in [1.165, 1.54) is 4.90 Å². The largest absolute Gasteiger partial charge is 0.416 e. The lowest BCUT2D eigenvalue weighted by Crippen LogP contribution is -2.49.